The Morgan fingerprint density at radius 3 is 2.89 bits per heavy atom. The van der Waals surface area contributed by atoms with Crippen molar-refractivity contribution in [3.63, 3.8) is 0 Å². The lowest BCUT2D eigenvalue weighted by Crippen LogP contribution is -2.45. The molecule has 8 heteroatoms. The van der Waals surface area contributed by atoms with E-state index < -0.39 is 0 Å². The number of amides is 1. The molecular formula is C27H27N7O. The number of pyridine rings is 1. The van der Waals surface area contributed by atoms with Crippen LogP contribution in [0.3, 0.4) is 0 Å². The number of aryl methyl sites for hydroxylation is 1. The second-order valence-corrected chi connectivity index (χ2v) is 9.21. The van der Waals surface area contributed by atoms with Crippen LogP contribution < -0.4 is 5.73 Å². The van der Waals surface area contributed by atoms with Crippen LogP contribution >= 0.6 is 0 Å². The third-order valence-electron chi connectivity index (χ3n) is 6.85. The molecule has 5 aromatic rings. The van der Waals surface area contributed by atoms with Crippen LogP contribution in [0.5, 0.6) is 0 Å². The summed E-state index contributed by atoms with van der Waals surface area (Å²) in [6.45, 7) is 4.00. The maximum Gasteiger partial charge on any atom is 0.254 e. The zero-order chi connectivity index (χ0) is 23.9. The predicted octanol–water partition coefficient (Wildman–Crippen LogP) is 3.67. The quantitative estimate of drug-likeness (QED) is 0.437. The van der Waals surface area contributed by atoms with Gasteiger partial charge in [-0.1, -0.05) is 18.2 Å². The fraction of sp³-hybridized carbons (Fsp3) is 0.259. The Labute approximate surface area is 203 Å². The Bertz CT molecular complexity index is 1540. The predicted molar refractivity (Wildman–Crippen MR) is 135 cm³/mol. The number of imidazole rings is 1. The van der Waals surface area contributed by atoms with E-state index in [1.165, 1.54) is 0 Å². The summed E-state index contributed by atoms with van der Waals surface area (Å²) in [4.78, 5) is 28.7. The first-order valence-corrected chi connectivity index (χ1v) is 12.0. The number of nitrogens with zero attached hydrogens (tertiary/aromatic N) is 6. The number of carbonyl (C=O) groups excluding carboxylic acids is 1. The summed E-state index contributed by atoms with van der Waals surface area (Å²) in [5.41, 5.74) is 12.4. The Balaban J connectivity index is 1.43. The molecule has 1 atom stereocenters. The number of carbonyl (C=O) groups is 1. The zero-order valence-corrected chi connectivity index (χ0v) is 19.6. The molecule has 1 fully saturated rings. The molecule has 5 heterocycles. The van der Waals surface area contributed by atoms with Crippen molar-refractivity contribution in [3.05, 3.63) is 84.2 Å². The minimum absolute atomic E-state index is 0.0154. The van der Waals surface area contributed by atoms with Gasteiger partial charge in [0.2, 0.25) is 0 Å². The van der Waals surface area contributed by atoms with Crippen LogP contribution in [0.25, 0.3) is 27.9 Å². The molecule has 8 nitrogen and oxygen atoms in total. The number of aromatic nitrogens is 5. The van der Waals surface area contributed by atoms with Gasteiger partial charge in [0.05, 0.1) is 24.1 Å². The van der Waals surface area contributed by atoms with Gasteiger partial charge in [-0.25, -0.2) is 4.98 Å². The Morgan fingerprint density at radius 2 is 2.06 bits per heavy atom. The minimum Gasteiger partial charge on any atom is -0.337 e. The van der Waals surface area contributed by atoms with Gasteiger partial charge in [0.15, 0.2) is 0 Å². The number of fused-ring (bicyclic) bond motifs is 2. The molecule has 1 aromatic carbocycles. The van der Waals surface area contributed by atoms with E-state index in [1.54, 1.807) is 18.6 Å². The van der Waals surface area contributed by atoms with Crippen LogP contribution in [-0.4, -0.2) is 53.9 Å². The molecule has 1 aliphatic rings. The number of nitrogens with two attached hydrogens (primary N) is 1. The number of hydrogen-bond donors (Lipinski definition) is 1. The van der Waals surface area contributed by atoms with E-state index in [1.807, 2.05) is 39.8 Å². The molecule has 1 aliphatic heterocycles. The number of para-hydroxylation sites is 1. The molecular weight excluding hydrogens is 438 g/mol. The largest absolute Gasteiger partial charge is 0.337 e. The first-order chi connectivity index (χ1) is 17.1. The van der Waals surface area contributed by atoms with Crippen molar-refractivity contribution in [1.82, 2.24) is 28.8 Å². The summed E-state index contributed by atoms with van der Waals surface area (Å²) in [5.74, 6) is 0.0154. The van der Waals surface area contributed by atoms with Crippen LogP contribution in [0.4, 0.5) is 0 Å². The highest BCUT2D eigenvalue weighted by atomic mass is 16.2. The van der Waals surface area contributed by atoms with Gasteiger partial charge in [-0.3, -0.25) is 14.8 Å². The number of benzene rings is 1. The van der Waals surface area contributed by atoms with Crippen molar-refractivity contribution in [1.29, 1.82) is 0 Å². The van der Waals surface area contributed by atoms with Crippen LogP contribution in [0.15, 0.2) is 67.3 Å². The average Bonchev–Trinajstić information content (AvgIpc) is 3.41. The van der Waals surface area contributed by atoms with Gasteiger partial charge in [-0.2, -0.15) is 0 Å². The molecule has 0 aliphatic carbocycles. The van der Waals surface area contributed by atoms with Crippen molar-refractivity contribution < 1.29 is 4.79 Å². The number of hydrogen-bond acceptors (Lipinski definition) is 5. The van der Waals surface area contributed by atoms with E-state index >= 15 is 0 Å². The monoisotopic (exact) mass is 465 g/mol. The van der Waals surface area contributed by atoms with Crippen molar-refractivity contribution in [2.24, 2.45) is 5.73 Å². The van der Waals surface area contributed by atoms with Gasteiger partial charge in [-0.05, 0) is 44.0 Å². The molecule has 0 spiro atoms. The third kappa shape index (κ3) is 3.85. The Kier molecular flexibility index (Phi) is 5.30. The fourth-order valence-electron chi connectivity index (χ4n) is 5.07. The highest BCUT2D eigenvalue weighted by molar-refractivity contribution is 5.95. The Hall–Kier alpha value is -4.04. The molecule has 0 saturated carbocycles. The number of piperidine rings is 1. The van der Waals surface area contributed by atoms with E-state index in [-0.39, 0.29) is 11.9 Å². The van der Waals surface area contributed by atoms with Crippen LogP contribution in [0.2, 0.25) is 0 Å². The molecule has 1 amide bonds. The highest BCUT2D eigenvalue weighted by Gasteiger charge is 2.24. The first kappa shape index (κ1) is 21.5. The van der Waals surface area contributed by atoms with E-state index in [0.717, 1.165) is 58.7 Å². The summed E-state index contributed by atoms with van der Waals surface area (Å²) in [6.07, 6.45) is 9.03. The highest BCUT2D eigenvalue weighted by Crippen LogP contribution is 2.31. The van der Waals surface area contributed by atoms with E-state index in [4.69, 9.17) is 10.7 Å². The summed E-state index contributed by atoms with van der Waals surface area (Å²) < 4.78 is 4.27. The van der Waals surface area contributed by atoms with E-state index in [0.29, 0.717) is 18.7 Å². The molecule has 0 bridgehead atoms. The van der Waals surface area contributed by atoms with Crippen molar-refractivity contribution >= 4 is 22.5 Å². The molecule has 6 rings (SSSR count). The third-order valence-corrected chi connectivity index (χ3v) is 6.85. The molecule has 0 unspecified atom stereocenters. The molecule has 1 saturated heterocycles. The summed E-state index contributed by atoms with van der Waals surface area (Å²) >= 11 is 0. The maximum absolute atomic E-state index is 13.1. The van der Waals surface area contributed by atoms with Gasteiger partial charge in [0.1, 0.15) is 11.3 Å². The van der Waals surface area contributed by atoms with Crippen LogP contribution in [-0.2, 0) is 6.54 Å². The molecule has 2 N–H and O–H groups in total. The minimum atomic E-state index is 0.0154. The Morgan fingerprint density at radius 1 is 1.17 bits per heavy atom. The topological polar surface area (TPSA) is 94.3 Å². The zero-order valence-electron chi connectivity index (χ0n) is 19.6. The first-order valence-electron chi connectivity index (χ1n) is 12.0. The normalized spacial score (nSPS) is 16.3. The van der Waals surface area contributed by atoms with Gasteiger partial charge < -0.3 is 19.6 Å². The number of likely N-dealkylation sites (tertiary alicyclic amines) is 1. The second kappa shape index (κ2) is 8.63. The molecule has 176 valence electrons. The van der Waals surface area contributed by atoms with Gasteiger partial charge in [0, 0.05) is 59.9 Å². The van der Waals surface area contributed by atoms with Gasteiger partial charge >= 0.3 is 0 Å². The fourth-order valence-corrected chi connectivity index (χ4v) is 5.07. The lowest BCUT2D eigenvalue weighted by atomic mass is 10.1. The van der Waals surface area contributed by atoms with E-state index in [2.05, 4.69) is 39.7 Å². The standard InChI is InChI=1S/C27H27N7O/c1-18-26(24-13-19-5-2-3-7-23(19)34(24)17-22-15-29-9-10-30-22)31-25-14-20(8-12-33(18)25)27(35)32-11-4-6-21(28)16-32/h2-3,5,7-10,12-15,21H,4,6,11,16-17,28H2,1H3/t21-/m1/s1. The van der Waals surface area contributed by atoms with E-state index in [9.17, 15) is 4.79 Å². The van der Waals surface area contributed by atoms with Crippen molar-refractivity contribution in [2.45, 2.75) is 32.4 Å². The second-order valence-electron chi connectivity index (χ2n) is 9.21. The maximum atomic E-state index is 13.1. The van der Waals surface area contributed by atoms with Gasteiger partial charge in [-0.15, -0.1) is 0 Å². The van der Waals surface area contributed by atoms with Crippen LogP contribution in [0, 0.1) is 6.92 Å². The lowest BCUT2D eigenvalue weighted by molar-refractivity contribution is 0.0709. The van der Waals surface area contributed by atoms with Crippen LogP contribution in [0.1, 0.15) is 34.6 Å². The van der Waals surface area contributed by atoms with Crippen molar-refractivity contribution in [3.8, 4) is 11.4 Å². The average molecular weight is 466 g/mol. The summed E-state index contributed by atoms with van der Waals surface area (Å²) in [6, 6.07) is 14.3. The molecule has 35 heavy (non-hydrogen) atoms. The smallest absolute Gasteiger partial charge is 0.254 e. The summed E-state index contributed by atoms with van der Waals surface area (Å²) in [5, 5.41) is 1.14. The number of rotatable bonds is 4. The van der Waals surface area contributed by atoms with Gasteiger partial charge in [0.25, 0.3) is 5.91 Å². The van der Waals surface area contributed by atoms with Crippen molar-refractivity contribution in [2.75, 3.05) is 13.1 Å². The molecule has 4 aromatic heterocycles. The lowest BCUT2D eigenvalue weighted by Gasteiger charge is -2.30. The molecule has 0 radical (unpaired) electrons. The summed E-state index contributed by atoms with van der Waals surface area (Å²) in [7, 11) is 0. The SMILES string of the molecule is Cc1c(-c2cc3ccccc3n2Cc2cnccn2)nc2cc(C(=O)N3CCC[C@@H](N)C3)ccn12.